The van der Waals surface area contributed by atoms with Gasteiger partial charge in [-0.3, -0.25) is 0 Å². The van der Waals surface area contributed by atoms with Crippen LogP contribution < -0.4 is 0 Å². The van der Waals surface area contributed by atoms with Crippen LogP contribution >= 0.6 is 0 Å². The van der Waals surface area contributed by atoms with Crippen LogP contribution in [0.4, 0.5) is 0 Å². The molecule has 0 saturated heterocycles. The van der Waals surface area contributed by atoms with Crippen molar-refractivity contribution in [3.8, 4) is 11.1 Å². The zero-order chi connectivity index (χ0) is 13.4. The molecule has 4 aromatic rings. The molecule has 0 atom stereocenters. The second-order valence-electron chi connectivity index (χ2n) is 4.91. The number of benzene rings is 4. The number of fused-ring (bicyclic) bond motifs is 3. The molecule has 21 heavy (non-hydrogen) atoms. The molecule has 0 unspecified atom stereocenters. The molecule has 0 nitrogen and oxygen atoms in total. The second-order valence-corrected chi connectivity index (χ2v) is 4.91. The zero-order valence-electron chi connectivity index (χ0n) is 11.5. The molecule has 0 saturated carbocycles. The van der Waals surface area contributed by atoms with Gasteiger partial charge in [0.25, 0.3) is 0 Å². The topological polar surface area (TPSA) is 0 Å². The van der Waals surface area contributed by atoms with E-state index in [9.17, 15) is 0 Å². The van der Waals surface area contributed by atoms with E-state index in [4.69, 9.17) is 0 Å². The van der Waals surface area contributed by atoms with Gasteiger partial charge in [0.2, 0.25) is 0 Å². The summed E-state index contributed by atoms with van der Waals surface area (Å²) in [6.45, 7) is 0. The Kier molecular flexibility index (Phi) is 4.19. The van der Waals surface area contributed by atoms with Crippen molar-refractivity contribution >= 4 is 21.5 Å². The van der Waals surface area contributed by atoms with Crippen LogP contribution in [0.1, 0.15) is 0 Å². The van der Waals surface area contributed by atoms with Gasteiger partial charge in [0.1, 0.15) is 0 Å². The predicted molar refractivity (Wildman–Crippen MR) is 84.6 cm³/mol. The van der Waals surface area contributed by atoms with E-state index in [-0.39, 0.29) is 32.7 Å². The molecule has 4 aromatic carbocycles. The summed E-state index contributed by atoms with van der Waals surface area (Å²) in [5.41, 5.74) is 2.18. The first-order valence-corrected chi connectivity index (χ1v) is 6.72. The Labute approximate surface area is 149 Å². The first-order chi connectivity index (χ1) is 9.92. The normalized spacial score (nSPS) is 10.5. The third-order valence-corrected chi connectivity index (χ3v) is 3.68. The van der Waals surface area contributed by atoms with Crippen molar-refractivity contribution in [2.24, 2.45) is 0 Å². The molecule has 0 amide bonds. The zero-order valence-corrected chi connectivity index (χ0v) is 14.3. The molecule has 0 heterocycles. The molecule has 0 fully saturated rings. The van der Waals surface area contributed by atoms with Crippen LogP contribution in [0.2, 0.25) is 0 Å². The van der Waals surface area contributed by atoms with E-state index >= 15 is 0 Å². The van der Waals surface area contributed by atoms with Crippen LogP contribution in [-0.4, -0.2) is 0 Å². The summed E-state index contributed by atoms with van der Waals surface area (Å²) in [6.07, 6.45) is 0. The largest absolute Gasteiger partial charge is 0.226 e. The van der Waals surface area contributed by atoms with Crippen LogP contribution in [0.3, 0.4) is 0 Å². The van der Waals surface area contributed by atoms with Crippen molar-refractivity contribution in [3.63, 3.8) is 0 Å². The summed E-state index contributed by atoms with van der Waals surface area (Å²) in [6, 6.07) is 31.8. The first kappa shape index (κ1) is 14.4. The predicted octanol–water partition coefficient (Wildman–Crippen LogP) is 5.26. The summed E-state index contributed by atoms with van der Waals surface area (Å²) in [5.74, 6) is 0. The molecule has 0 aromatic heterocycles. The van der Waals surface area contributed by atoms with E-state index in [2.05, 4.69) is 66.7 Å². The minimum atomic E-state index is 0. The Bertz CT molecular complexity index is 895. The third kappa shape index (κ3) is 2.66. The van der Waals surface area contributed by atoms with Crippen LogP contribution in [-0.2, 0) is 32.7 Å². The maximum atomic E-state index is 3.36. The van der Waals surface area contributed by atoms with Crippen molar-refractivity contribution in [2.75, 3.05) is 0 Å². The van der Waals surface area contributed by atoms with Crippen LogP contribution in [0.15, 0.2) is 72.8 Å². The standard InChI is InChI=1S/C20H12.Y/c1-2-6-15(7-3-1)18-13-12-17-11-10-16-8-4-5-9-19(16)20(17)14-18;/h1-6,8-12,14H;/q-2;. The Morgan fingerprint density at radius 1 is 0.619 bits per heavy atom. The maximum absolute atomic E-state index is 3.36. The molecular weight excluding hydrogens is 329 g/mol. The SMILES string of the molecule is [Y].[c-]1ccccc1-c1[c-]cc2ccc3ccccc3c2c1. The minimum absolute atomic E-state index is 0. The summed E-state index contributed by atoms with van der Waals surface area (Å²) < 4.78 is 0. The van der Waals surface area contributed by atoms with Crippen molar-refractivity contribution in [1.82, 2.24) is 0 Å². The third-order valence-electron chi connectivity index (χ3n) is 3.68. The molecular formula is C20H12Y-2. The van der Waals surface area contributed by atoms with Crippen molar-refractivity contribution in [1.29, 1.82) is 0 Å². The summed E-state index contributed by atoms with van der Waals surface area (Å²) in [5, 5.41) is 5.06. The van der Waals surface area contributed by atoms with E-state index in [1.165, 1.54) is 21.5 Å². The van der Waals surface area contributed by atoms with Crippen molar-refractivity contribution < 1.29 is 32.7 Å². The molecule has 0 aliphatic carbocycles. The molecule has 0 aliphatic rings. The van der Waals surface area contributed by atoms with Gasteiger partial charge in [0, 0.05) is 32.7 Å². The quantitative estimate of drug-likeness (QED) is 0.327. The van der Waals surface area contributed by atoms with E-state index in [0.29, 0.717) is 0 Å². The van der Waals surface area contributed by atoms with E-state index < -0.39 is 0 Å². The number of hydrogen-bond acceptors (Lipinski definition) is 0. The van der Waals surface area contributed by atoms with Gasteiger partial charge in [0.05, 0.1) is 0 Å². The Hall–Kier alpha value is -1.50. The first-order valence-electron chi connectivity index (χ1n) is 6.72. The number of hydrogen-bond donors (Lipinski definition) is 0. The van der Waals surface area contributed by atoms with Gasteiger partial charge < -0.3 is 0 Å². The Balaban J connectivity index is 0.00000132. The van der Waals surface area contributed by atoms with E-state index in [1.54, 1.807) is 0 Å². The monoisotopic (exact) mass is 341 g/mol. The van der Waals surface area contributed by atoms with Gasteiger partial charge in [-0.05, 0) is 10.8 Å². The van der Waals surface area contributed by atoms with Crippen LogP contribution in [0.5, 0.6) is 0 Å². The van der Waals surface area contributed by atoms with Gasteiger partial charge >= 0.3 is 0 Å². The van der Waals surface area contributed by atoms with E-state index in [0.717, 1.165) is 11.1 Å². The molecule has 4 rings (SSSR count). The molecule has 1 radical (unpaired) electrons. The molecule has 0 bridgehead atoms. The van der Waals surface area contributed by atoms with Gasteiger partial charge in [0.15, 0.2) is 0 Å². The summed E-state index contributed by atoms with van der Waals surface area (Å²) >= 11 is 0. The molecule has 0 aliphatic heterocycles. The van der Waals surface area contributed by atoms with E-state index in [1.807, 2.05) is 18.2 Å². The average Bonchev–Trinajstić information content (AvgIpc) is 2.55. The smallest absolute Gasteiger partial charge is 0 e. The Morgan fingerprint density at radius 2 is 1.43 bits per heavy atom. The number of rotatable bonds is 1. The molecule has 1 heteroatoms. The molecule has 97 valence electrons. The second kappa shape index (κ2) is 6.09. The van der Waals surface area contributed by atoms with Gasteiger partial charge in [-0.25, -0.2) is 11.1 Å². The van der Waals surface area contributed by atoms with Crippen LogP contribution in [0, 0.1) is 12.1 Å². The fraction of sp³-hybridized carbons (Fsp3) is 0. The fourth-order valence-corrected chi connectivity index (χ4v) is 2.66. The van der Waals surface area contributed by atoms with Crippen molar-refractivity contribution in [2.45, 2.75) is 0 Å². The average molecular weight is 341 g/mol. The molecule has 0 spiro atoms. The summed E-state index contributed by atoms with van der Waals surface area (Å²) in [4.78, 5) is 0. The van der Waals surface area contributed by atoms with Gasteiger partial charge in [-0.1, -0.05) is 36.4 Å². The molecule has 0 N–H and O–H groups in total. The minimum Gasteiger partial charge on any atom is -0.226 e. The fourth-order valence-electron chi connectivity index (χ4n) is 2.66. The van der Waals surface area contributed by atoms with Gasteiger partial charge in [-0.15, -0.1) is 22.9 Å². The Morgan fingerprint density at radius 3 is 2.29 bits per heavy atom. The van der Waals surface area contributed by atoms with Crippen molar-refractivity contribution in [3.05, 3.63) is 84.9 Å². The maximum Gasteiger partial charge on any atom is 0 e. The summed E-state index contributed by atoms with van der Waals surface area (Å²) in [7, 11) is 0. The van der Waals surface area contributed by atoms with Gasteiger partial charge in [-0.2, -0.15) is 36.4 Å². The van der Waals surface area contributed by atoms with Crippen LogP contribution in [0.25, 0.3) is 32.7 Å².